The lowest BCUT2D eigenvalue weighted by atomic mass is 9.83. The molecular weight excluding hydrogens is 292 g/mol. The standard InChI is InChI=1S/C18H24N2O3/c1-2-12-3-6-14(7-4-12)20(15-8-9-15)17(21)13-5-10-16(18(22)23)19-11-13/h5,10-12,14-15H,2-4,6-9H2,1H3,(H,22,23). The van der Waals surface area contributed by atoms with Crippen LogP contribution < -0.4 is 0 Å². The van der Waals surface area contributed by atoms with Gasteiger partial charge in [0.05, 0.1) is 5.56 Å². The SMILES string of the molecule is CCC1CCC(N(C(=O)c2ccc(C(=O)O)nc2)C2CC2)CC1. The van der Waals surface area contributed by atoms with Crippen LogP contribution in [0, 0.1) is 5.92 Å². The molecule has 0 aromatic carbocycles. The summed E-state index contributed by atoms with van der Waals surface area (Å²) in [5.41, 5.74) is 0.475. The zero-order chi connectivity index (χ0) is 16.4. The number of carbonyl (C=O) groups is 2. The Morgan fingerprint density at radius 3 is 2.17 bits per heavy atom. The summed E-state index contributed by atoms with van der Waals surface area (Å²) < 4.78 is 0. The van der Waals surface area contributed by atoms with E-state index in [9.17, 15) is 9.59 Å². The molecule has 0 radical (unpaired) electrons. The first-order valence-corrected chi connectivity index (χ1v) is 8.62. The van der Waals surface area contributed by atoms with Gasteiger partial charge in [-0.05, 0) is 56.6 Å². The Kier molecular flexibility index (Phi) is 4.64. The molecule has 23 heavy (non-hydrogen) atoms. The number of aromatic carboxylic acids is 1. The number of pyridine rings is 1. The number of hydrogen-bond donors (Lipinski definition) is 1. The molecule has 1 N–H and O–H groups in total. The van der Waals surface area contributed by atoms with Crippen LogP contribution in [0.2, 0.25) is 0 Å². The van der Waals surface area contributed by atoms with Gasteiger partial charge in [0.15, 0.2) is 0 Å². The zero-order valence-corrected chi connectivity index (χ0v) is 13.6. The number of hydrogen-bond acceptors (Lipinski definition) is 3. The summed E-state index contributed by atoms with van der Waals surface area (Å²) in [6, 6.07) is 3.70. The van der Waals surface area contributed by atoms with Crippen molar-refractivity contribution in [2.24, 2.45) is 5.92 Å². The average molecular weight is 316 g/mol. The Labute approximate surface area is 136 Å². The Morgan fingerprint density at radius 2 is 1.74 bits per heavy atom. The molecule has 1 aromatic rings. The highest BCUT2D eigenvalue weighted by molar-refractivity contribution is 5.95. The molecule has 1 aromatic heterocycles. The van der Waals surface area contributed by atoms with Gasteiger partial charge >= 0.3 is 5.97 Å². The van der Waals surface area contributed by atoms with Crippen LogP contribution in [0.1, 0.15) is 72.7 Å². The highest BCUT2D eigenvalue weighted by Gasteiger charge is 2.39. The minimum atomic E-state index is -1.07. The van der Waals surface area contributed by atoms with E-state index in [2.05, 4.69) is 16.8 Å². The van der Waals surface area contributed by atoms with Crippen molar-refractivity contribution in [1.82, 2.24) is 9.88 Å². The van der Waals surface area contributed by atoms with Crippen molar-refractivity contribution in [1.29, 1.82) is 0 Å². The van der Waals surface area contributed by atoms with Crippen LogP contribution in [-0.2, 0) is 0 Å². The minimum Gasteiger partial charge on any atom is -0.477 e. The van der Waals surface area contributed by atoms with Crippen LogP contribution in [0.3, 0.4) is 0 Å². The summed E-state index contributed by atoms with van der Waals surface area (Å²) >= 11 is 0. The molecule has 2 fully saturated rings. The third-order valence-corrected chi connectivity index (χ3v) is 5.19. The molecule has 0 bridgehead atoms. The molecule has 0 aliphatic heterocycles. The van der Waals surface area contributed by atoms with Crippen LogP contribution in [0.25, 0.3) is 0 Å². The number of carboxylic acids is 1. The fourth-order valence-electron chi connectivity index (χ4n) is 3.61. The fourth-order valence-corrected chi connectivity index (χ4v) is 3.61. The van der Waals surface area contributed by atoms with Crippen molar-refractivity contribution in [3.8, 4) is 0 Å². The van der Waals surface area contributed by atoms with E-state index >= 15 is 0 Å². The van der Waals surface area contributed by atoms with Gasteiger partial charge in [-0.1, -0.05) is 13.3 Å². The second-order valence-electron chi connectivity index (χ2n) is 6.76. The van der Waals surface area contributed by atoms with Crippen LogP contribution in [0.5, 0.6) is 0 Å². The first kappa shape index (κ1) is 16.0. The highest BCUT2D eigenvalue weighted by Crippen LogP contribution is 2.37. The van der Waals surface area contributed by atoms with E-state index in [1.807, 2.05) is 0 Å². The maximum absolute atomic E-state index is 12.9. The molecule has 5 nitrogen and oxygen atoms in total. The second kappa shape index (κ2) is 6.69. The monoisotopic (exact) mass is 316 g/mol. The van der Waals surface area contributed by atoms with E-state index in [0.29, 0.717) is 17.6 Å². The lowest BCUT2D eigenvalue weighted by Crippen LogP contribution is -2.44. The van der Waals surface area contributed by atoms with E-state index < -0.39 is 5.97 Å². The van der Waals surface area contributed by atoms with Crippen molar-refractivity contribution >= 4 is 11.9 Å². The second-order valence-corrected chi connectivity index (χ2v) is 6.76. The average Bonchev–Trinajstić information content (AvgIpc) is 3.40. The molecule has 1 amide bonds. The Balaban J connectivity index is 1.73. The summed E-state index contributed by atoms with van der Waals surface area (Å²) in [5, 5.41) is 8.92. The summed E-state index contributed by atoms with van der Waals surface area (Å²) in [6.07, 6.45) is 9.37. The van der Waals surface area contributed by atoms with Crippen LogP contribution in [0.15, 0.2) is 18.3 Å². The third-order valence-electron chi connectivity index (χ3n) is 5.19. The smallest absolute Gasteiger partial charge is 0.354 e. The summed E-state index contributed by atoms with van der Waals surface area (Å²) in [6.45, 7) is 2.24. The molecule has 2 aliphatic carbocycles. The van der Waals surface area contributed by atoms with Crippen molar-refractivity contribution in [3.05, 3.63) is 29.6 Å². The van der Waals surface area contributed by atoms with Crippen molar-refractivity contribution in [3.63, 3.8) is 0 Å². The lowest BCUT2D eigenvalue weighted by Gasteiger charge is -2.37. The Bertz CT molecular complexity index is 572. The highest BCUT2D eigenvalue weighted by atomic mass is 16.4. The van der Waals surface area contributed by atoms with E-state index in [1.165, 1.54) is 31.5 Å². The van der Waals surface area contributed by atoms with Gasteiger partial charge in [-0.15, -0.1) is 0 Å². The molecule has 124 valence electrons. The van der Waals surface area contributed by atoms with E-state index in [-0.39, 0.29) is 11.6 Å². The van der Waals surface area contributed by atoms with E-state index in [1.54, 1.807) is 6.07 Å². The van der Waals surface area contributed by atoms with Gasteiger partial charge in [-0.2, -0.15) is 0 Å². The van der Waals surface area contributed by atoms with Gasteiger partial charge in [0.25, 0.3) is 5.91 Å². The van der Waals surface area contributed by atoms with E-state index in [0.717, 1.165) is 31.6 Å². The molecule has 0 spiro atoms. The minimum absolute atomic E-state index is 0.0110. The normalized spacial score (nSPS) is 24.2. The first-order chi connectivity index (χ1) is 11.1. The molecule has 0 unspecified atom stereocenters. The van der Waals surface area contributed by atoms with Crippen molar-refractivity contribution in [2.45, 2.75) is 64.0 Å². The number of carbonyl (C=O) groups excluding carboxylic acids is 1. The number of aromatic nitrogens is 1. The maximum Gasteiger partial charge on any atom is 0.354 e. The topological polar surface area (TPSA) is 70.5 Å². The van der Waals surface area contributed by atoms with Gasteiger partial charge < -0.3 is 10.0 Å². The molecular formula is C18H24N2O3. The van der Waals surface area contributed by atoms with Gasteiger partial charge in [-0.3, -0.25) is 4.79 Å². The van der Waals surface area contributed by atoms with Crippen LogP contribution >= 0.6 is 0 Å². The molecule has 2 saturated carbocycles. The van der Waals surface area contributed by atoms with E-state index in [4.69, 9.17) is 5.11 Å². The largest absolute Gasteiger partial charge is 0.477 e. The van der Waals surface area contributed by atoms with Crippen LogP contribution in [-0.4, -0.2) is 39.0 Å². The first-order valence-electron chi connectivity index (χ1n) is 8.62. The molecule has 2 aliphatic rings. The zero-order valence-electron chi connectivity index (χ0n) is 13.6. The Morgan fingerprint density at radius 1 is 1.13 bits per heavy atom. The van der Waals surface area contributed by atoms with Crippen LogP contribution in [0.4, 0.5) is 0 Å². The quantitative estimate of drug-likeness (QED) is 0.904. The molecule has 5 heteroatoms. The number of carboxylic acid groups (broad SMARTS) is 1. The fraction of sp³-hybridized carbons (Fsp3) is 0.611. The third kappa shape index (κ3) is 3.54. The van der Waals surface area contributed by atoms with Gasteiger partial charge in [-0.25, -0.2) is 9.78 Å². The maximum atomic E-state index is 12.9. The molecule has 3 rings (SSSR count). The summed E-state index contributed by atoms with van der Waals surface area (Å²) in [5.74, 6) is -0.253. The number of amides is 1. The molecule has 0 atom stereocenters. The predicted molar refractivity (Wildman–Crippen MR) is 86.4 cm³/mol. The number of nitrogens with zero attached hydrogens (tertiary/aromatic N) is 2. The predicted octanol–water partition coefficient (Wildman–Crippen LogP) is 3.35. The van der Waals surface area contributed by atoms with Crippen molar-refractivity contribution in [2.75, 3.05) is 0 Å². The Hall–Kier alpha value is -1.91. The summed E-state index contributed by atoms with van der Waals surface area (Å²) in [4.78, 5) is 29.7. The molecule has 0 saturated heterocycles. The lowest BCUT2D eigenvalue weighted by molar-refractivity contribution is 0.0584. The molecule has 1 heterocycles. The van der Waals surface area contributed by atoms with Gasteiger partial charge in [0, 0.05) is 18.3 Å². The van der Waals surface area contributed by atoms with Gasteiger partial charge in [0.2, 0.25) is 0 Å². The van der Waals surface area contributed by atoms with Gasteiger partial charge in [0.1, 0.15) is 5.69 Å². The number of rotatable bonds is 5. The summed E-state index contributed by atoms with van der Waals surface area (Å²) in [7, 11) is 0. The van der Waals surface area contributed by atoms with Crippen molar-refractivity contribution < 1.29 is 14.7 Å².